The van der Waals surface area contributed by atoms with Crippen molar-refractivity contribution in [3.05, 3.63) is 121 Å². The zero-order valence-corrected chi connectivity index (χ0v) is 34.9. The molecule has 0 amide bonds. The van der Waals surface area contributed by atoms with Gasteiger partial charge in [0.1, 0.15) is 0 Å². The zero-order chi connectivity index (χ0) is 34.8. The van der Waals surface area contributed by atoms with Crippen molar-refractivity contribution in [3.63, 3.8) is 0 Å². The molecule has 0 N–H and O–H groups in total. The Kier molecular flexibility index (Phi) is 47.9. The number of rotatable bonds is 4. The summed E-state index contributed by atoms with van der Waals surface area (Å²) < 4.78 is 0. The molecule has 0 saturated heterocycles. The molecule has 0 atom stereocenters. The molecule has 0 heterocycles. The van der Waals surface area contributed by atoms with Crippen LogP contribution >= 0.6 is 31.7 Å². The Hall–Kier alpha value is -1.40. The van der Waals surface area contributed by atoms with Crippen LogP contribution in [0.1, 0.15) is 62.8 Å². The lowest BCUT2D eigenvalue weighted by Crippen LogP contribution is -1.95. The summed E-state index contributed by atoms with van der Waals surface area (Å²) in [6, 6.07) is 42.5. The van der Waals surface area contributed by atoms with Crippen LogP contribution in [0.3, 0.4) is 0 Å². The highest BCUT2D eigenvalue weighted by Crippen LogP contribution is 2.23. The van der Waals surface area contributed by atoms with E-state index in [9.17, 15) is 0 Å². The van der Waals surface area contributed by atoms with Crippen LogP contribution < -0.4 is 21.2 Å². The van der Waals surface area contributed by atoms with Gasteiger partial charge in [-0.25, -0.2) is 0 Å². The van der Waals surface area contributed by atoms with Gasteiger partial charge in [-0.15, -0.1) is 0 Å². The quantitative estimate of drug-likeness (QED) is 0.187. The molecule has 0 nitrogen and oxygen atoms in total. The first-order chi connectivity index (χ1) is 21.2. The van der Waals surface area contributed by atoms with Crippen molar-refractivity contribution in [3.8, 4) is 0 Å². The second-order valence-electron chi connectivity index (χ2n) is 8.92. The second-order valence-corrected chi connectivity index (χ2v) is 18.1. The average Bonchev–Trinajstić information content (AvgIpc) is 3.11. The molecule has 4 rings (SSSR count). The summed E-state index contributed by atoms with van der Waals surface area (Å²) in [5.74, 6) is 0. The molecule has 256 valence electrons. The smallest absolute Gasteiger partial charge is 0.0246 e. The fourth-order valence-electron chi connectivity index (χ4n) is 2.90. The predicted octanol–water partition coefficient (Wildman–Crippen LogP) is 13.0. The molecule has 0 unspecified atom stereocenters. The first-order valence-electron chi connectivity index (χ1n) is 16.1. The predicted molar refractivity (Wildman–Crippen MR) is 231 cm³/mol. The SMILES string of the molecule is C.CC.CC.CC.CC.CP(C)c1ccccc1.CP(C)c1ccccc1.CP(C)c1ccccc1.CP(C)c1ccccc1. The summed E-state index contributed by atoms with van der Waals surface area (Å²) >= 11 is 0. The van der Waals surface area contributed by atoms with Crippen LogP contribution in [0.5, 0.6) is 0 Å². The van der Waals surface area contributed by atoms with Crippen molar-refractivity contribution < 1.29 is 0 Å². The van der Waals surface area contributed by atoms with Crippen molar-refractivity contribution >= 4 is 52.9 Å². The van der Waals surface area contributed by atoms with E-state index in [1.54, 1.807) is 0 Å². The van der Waals surface area contributed by atoms with E-state index in [2.05, 4.69) is 175 Å². The molecule has 0 saturated carbocycles. The third-order valence-electron chi connectivity index (χ3n) is 5.09. The molecular formula is C41H72P4. The van der Waals surface area contributed by atoms with Gasteiger partial charge in [0.25, 0.3) is 0 Å². The summed E-state index contributed by atoms with van der Waals surface area (Å²) in [4.78, 5) is 0. The van der Waals surface area contributed by atoms with E-state index < -0.39 is 0 Å². The Labute approximate surface area is 289 Å². The maximum atomic E-state index is 2.27. The van der Waals surface area contributed by atoms with Gasteiger partial charge >= 0.3 is 0 Å². The van der Waals surface area contributed by atoms with Gasteiger partial charge in [-0.2, -0.15) is 0 Å². The van der Waals surface area contributed by atoms with Gasteiger partial charge in [0, 0.05) is 0 Å². The van der Waals surface area contributed by atoms with Gasteiger partial charge in [-0.05, 0) is 74.5 Å². The molecule has 4 aromatic rings. The summed E-state index contributed by atoms with van der Waals surface area (Å²) in [6.45, 7) is 34.1. The minimum Gasteiger partial charge on any atom is -0.0817 e. The fourth-order valence-corrected chi connectivity index (χ4v) is 5.98. The molecule has 0 aromatic heterocycles. The van der Waals surface area contributed by atoms with Crippen LogP contribution in [-0.4, -0.2) is 53.3 Å². The van der Waals surface area contributed by atoms with Crippen LogP contribution in [0.4, 0.5) is 0 Å². The molecule has 0 spiro atoms. The van der Waals surface area contributed by atoms with E-state index in [0.717, 1.165) is 0 Å². The molecule has 0 aliphatic carbocycles. The van der Waals surface area contributed by atoms with Crippen molar-refractivity contribution in [2.24, 2.45) is 0 Å². The van der Waals surface area contributed by atoms with Gasteiger partial charge in [0.05, 0.1) is 0 Å². The molecular weight excluding hydrogens is 616 g/mol. The van der Waals surface area contributed by atoms with Crippen LogP contribution in [0.2, 0.25) is 0 Å². The monoisotopic (exact) mass is 688 g/mol. The lowest BCUT2D eigenvalue weighted by atomic mass is 10.4. The van der Waals surface area contributed by atoms with E-state index in [1.165, 1.54) is 21.2 Å². The summed E-state index contributed by atoms with van der Waals surface area (Å²) in [7, 11) is 0.418. The molecule has 4 aromatic carbocycles. The molecule has 4 heteroatoms. The molecule has 0 bridgehead atoms. The van der Waals surface area contributed by atoms with E-state index in [4.69, 9.17) is 0 Å². The average molecular weight is 689 g/mol. The third-order valence-corrected chi connectivity index (χ3v) is 10.4. The van der Waals surface area contributed by atoms with Gasteiger partial charge in [0.15, 0.2) is 0 Å². The third kappa shape index (κ3) is 32.3. The highest BCUT2D eigenvalue weighted by Gasteiger charge is 1.94. The zero-order valence-electron chi connectivity index (χ0n) is 31.3. The Balaban J connectivity index is -0.000000146. The molecule has 0 aliphatic rings. The maximum Gasteiger partial charge on any atom is -0.0246 e. The van der Waals surface area contributed by atoms with Gasteiger partial charge < -0.3 is 0 Å². The Morgan fingerprint density at radius 2 is 0.356 bits per heavy atom. The first kappa shape index (κ1) is 53.1. The van der Waals surface area contributed by atoms with Crippen LogP contribution in [-0.2, 0) is 0 Å². The van der Waals surface area contributed by atoms with Crippen LogP contribution in [0.15, 0.2) is 121 Å². The lowest BCUT2D eigenvalue weighted by molar-refractivity contribution is 1.50. The molecule has 0 aliphatic heterocycles. The summed E-state index contributed by atoms with van der Waals surface area (Å²) in [6.07, 6.45) is 0. The van der Waals surface area contributed by atoms with Crippen molar-refractivity contribution in [2.75, 3.05) is 53.3 Å². The Morgan fingerprint density at radius 1 is 0.244 bits per heavy atom. The fraction of sp³-hybridized carbons (Fsp3) is 0.415. The Morgan fingerprint density at radius 3 is 0.422 bits per heavy atom. The largest absolute Gasteiger partial charge is 0.0817 e. The molecule has 0 radical (unpaired) electrons. The second kappa shape index (κ2) is 40.6. The van der Waals surface area contributed by atoms with Crippen molar-refractivity contribution in [1.82, 2.24) is 0 Å². The standard InChI is InChI=1S/4C8H11P.4C2H6.CH4/c4*1-9(2)8-6-4-3-5-7-8;4*1-2;/h4*3-7H,1-2H3;4*1-2H3;1H4. The number of hydrogen-bond donors (Lipinski definition) is 0. The van der Waals surface area contributed by atoms with Gasteiger partial charge in [0.2, 0.25) is 0 Å². The van der Waals surface area contributed by atoms with Crippen LogP contribution in [0.25, 0.3) is 0 Å². The topological polar surface area (TPSA) is 0 Å². The van der Waals surface area contributed by atoms with Crippen LogP contribution in [0, 0.1) is 0 Å². The number of hydrogen-bond acceptors (Lipinski definition) is 0. The van der Waals surface area contributed by atoms with E-state index in [0.29, 0.717) is 0 Å². The first-order valence-corrected chi connectivity index (χ1v) is 25.1. The lowest BCUT2D eigenvalue weighted by Gasteiger charge is -2.02. The van der Waals surface area contributed by atoms with E-state index in [-0.39, 0.29) is 39.1 Å². The van der Waals surface area contributed by atoms with Crippen molar-refractivity contribution in [2.45, 2.75) is 62.8 Å². The number of benzene rings is 4. The minimum absolute atomic E-state index is 0. The normalized spacial score (nSPS) is 8.62. The maximum absolute atomic E-state index is 2.27. The minimum atomic E-state index is 0. The molecule has 45 heavy (non-hydrogen) atoms. The highest BCUT2D eigenvalue weighted by molar-refractivity contribution is 7.64. The van der Waals surface area contributed by atoms with Gasteiger partial charge in [-0.1, -0.05) is 216 Å². The summed E-state index contributed by atoms with van der Waals surface area (Å²) in [5, 5.41) is 5.92. The Bertz CT molecular complexity index is 844. The van der Waals surface area contributed by atoms with Gasteiger partial charge in [-0.3, -0.25) is 0 Å². The van der Waals surface area contributed by atoms with E-state index in [1.807, 2.05) is 55.4 Å². The van der Waals surface area contributed by atoms with Crippen molar-refractivity contribution in [1.29, 1.82) is 0 Å². The molecule has 0 fully saturated rings. The van der Waals surface area contributed by atoms with E-state index >= 15 is 0 Å². The highest BCUT2D eigenvalue weighted by atomic mass is 31.1. The summed E-state index contributed by atoms with van der Waals surface area (Å²) in [5.41, 5.74) is 0.